The van der Waals surface area contributed by atoms with Gasteiger partial charge in [-0.3, -0.25) is 38.7 Å². The molecule has 0 saturated carbocycles. The number of carbonyl (C=O) groups excluding carboxylic acids is 3. The number of nitrogens with zero attached hydrogens (tertiary/aromatic N) is 2. The quantitative estimate of drug-likeness (QED) is 0.0583. The number of hydrogen-bond acceptors (Lipinski definition) is 15. The van der Waals surface area contributed by atoms with Crippen molar-refractivity contribution in [2.75, 3.05) is 21.5 Å². The van der Waals surface area contributed by atoms with Crippen LogP contribution in [0, 0.1) is 0 Å². The van der Waals surface area contributed by atoms with Gasteiger partial charge in [0.25, 0.3) is 40.5 Å². The van der Waals surface area contributed by atoms with Crippen LogP contribution in [0.25, 0.3) is 33.7 Å². The van der Waals surface area contributed by atoms with Crippen LogP contribution in [-0.4, -0.2) is 80.9 Å². The largest absolute Gasteiger partial charge is 0.323 e. The third-order valence-corrected chi connectivity index (χ3v) is 13.6. The number of hydrazone groups is 2. The van der Waals surface area contributed by atoms with Crippen molar-refractivity contribution < 1.29 is 66.3 Å². The highest BCUT2D eigenvalue weighted by Gasteiger charge is 2.35. The Morgan fingerprint density at radius 1 is 0.455 bits per heavy atom. The lowest BCUT2D eigenvalue weighted by atomic mass is 9.94. The molecule has 0 radical (unpaired) electrons. The normalized spacial score (nSPS) is 15.5. The summed E-state index contributed by atoms with van der Waals surface area (Å²) in [5.41, 5.74) is 3.53. The second-order valence-electron chi connectivity index (χ2n) is 14.2. The number of Topliss-reactive ketones (excluding diaryl/α,β-unsaturated/α-hetero) is 2. The lowest BCUT2D eigenvalue weighted by Gasteiger charge is -2.18. The van der Waals surface area contributed by atoms with Crippen molar-refractivity contribution in [1.29, 1.82) is 0 Å². The molecule has 0 aliphatic heterocycles. The van der Waals surface area contributed by atoms with Crippen LogP contribution < -0.4 is 21.5 Å². The molecule has 6 aromatic rings. The molecule has 21 nitrogen and oxygen atoms in total. The van der Waals surface area contributed by atoms with E-state index in [0.717, 1.165) is 24.3 Å². The van der Waals surface area contributed by atoms with E-state index < -0.39 is 89.1 Å². The Balaban J connectivity index is 1.02. The Kier molecular flexibility index (Phi) is 11.3. The molecular formula is C41H28N6O15S4. The van der Waals surface area contributed by atoms with Crippen molar-refractivity contribution in [2.24, 2.45) is 10.2 Å². The van der Waals surface area contributed by atoms with Gasteiger partial charge in [-0.25, -0.2) is 4.79 Å². The molecule has 6 aromatic carbocycles. The smallest absolute Gasteiger partial charge is 0.308 e. The van der Waals surface area contributed by atoms with Gasteiger partial charge in [0, 0.05) is 44.0 Å². The average Bonchev–Trinajstić information content (AvgIpc) is 3.23. The number of hydrogen-bond donors (Lipinski definition) is 8. The summed E-state index contributed by atoms with van der Waals surface area (Å²) >= 11 is 0. The minimum absolute atomic E-state index is 0.0179. The zero-order chi connectivity index (χ0) is 47.5. The van der Waals surface area contributed by atoms with Crippen LogP contribution in [0.2, 0.25) is 0 Å². The van der Waals surface area contributed by atoms with Crippen LogP contribution in [-0.2, 0) is 40.5 Å². The number of anilines is 4. The predicted octanol–water partition coefficient (Wildman–Crippen LogP) is 5.92. The zero-order valence-electron chi connectivity index (χ0n) is 32.9. The molecule has 0 saturated heterocycles. The SMILES string of the molecule is O=C(Nc1ccc2c(c1)C=C(S(=O)(=O)O)/C(=N\Nc1ccc(S(=O)(=O)O)c3ccccc13)C2=O)Nc1ccc2c(c1)C=C(S(=O)(=O)O)/C(=N\Nc1ccc(S(=O)(=O)O)c3ccccc13)C2=O. The number of allylic oxidation sites excluding steroid dienone is 2. The number of benzene rings is 6. The van der Waals surface area contributed by atoms with E-state index in [4.69, 9.17) is 0 Å². The molecule has 0 heterocycles. The molecule has 2 aliphatic rings. The minimum atomic E-state index is -5.12. The van der Waals surface area contributed by atoms with E-state index >= 15 is 0 Å². The molecule has 0 fully saturated rings. The third-order valence-electron chi connectivity index (χ3n) is 10.0. The second-order valence-corrected chi connectivity index (χ2v) is 19.8. The maximum Gasteiger partial charge on any atom is 0.323 e. The standard InChI is InChI=1S/C41H28N6O15S4/c48-39-25-11-9-23(17-21(25)19-35(65(57,58)59)37(39)46-44-31-13-15-33(63(51,52)53)29-7-3-1-5-27(29)31)42-41(50)43-24-10-12-26-22(18-24)20-36(66(60,61)62)38(40(26)49)47-45-32-14-16-34(64(54,55)56)30-8-4-2-6-28(30)32/h1-20,44-45H,(H2,42,43,50)(H,51,52,53)(H,54,55,56)(H,57,58,59)(H,60,61,62)/b46-37+,47-38+. The number of ketones is 2. The maximum absolute atomic E-state index is 13.6. The topological polar surface area (TPSA) is 342 Å². The summed E-state index contributed by atoms with van der Waals surface area (Å²) in [6.07, 6.45) is 1.87. The van der Waals surface area contributed by atoms with Crippen LogP contribution in [0.5, 0.6) is 0 Å². The van der Waals surface area contributed by atoms with Gasteiger partial charge in [0.05, 0.1) is 11.4 Å². The molecule has 0 aromatic heterocycles. The van der Waals surface area contributed by atoms with Crippen LogP contribution in [0.4, 0.5) is 27.5 Å². The number of rotatable bonds is 10. The van der Waals surface area contributed by atoms with Gasteiger partial charge < -0.3 is 10.6 Å². The van der Waals surface area contributed by atoms with Gasteiger partial charge in [0.2, 0.25) is 11.6 Å². The maximum atomic E-state index is 13.6. The first-order valence-corrected chi connectivity index (χ1v) is 24.3. The van der Waals surface area contributed by atoms with E-state index in [1.54, 1.807) is 12.1 Å². The van der Waals surface area contributed by atoms with Crippen LogP contribution in [0.15, 0.2) is 139 Å². The van der Waals surface area contributed by atoms with Crippen molar-refractivity contribution in [3.05, 3.63) is 141 Å². The summed E-state index contributed by atoms with van der Waals surface area (Å²) in [6.45, 7) is 0. The van der Waals surface area contributed by atoms with Gasteiger partial charge in [-0.05, 0) is 83.9 Å². The molecule has 2 amide bonds. The fourth-order valence-electron chi connectivity index (χ4n) is 7.15. The van der Waals surface area contributed by atoms with Crippen LogP contribution >= 0.6 is 0 Å². The van der Waals surface area contributed by atoms with Crippen molar-refractivity contribution in [1.82, 2.24) is 0 Å². The second kappa shape index (κ2) is 16.5. The lowest BCUT2D eigenvalue weighted by molar-refractivity contribution is 0.105. The third kappa shape index (κ3) is 8.82. The Morgan fingerprint density at radius 3 is 1.17 bits per heavy atom. The first-order valence-electron chi connectivity index (χ1n) is 18.5. The summed E-state index contributed by atoms with van der Waals surface area (Å²) in [7, 11) is -19.5. The van der Waals surface area contributed by atoms with E-state index in [2.05, 4.69) is 31.7 Å². The minimum Gasteiger partial charge on any atom is -0.308 e. The fraction of sp³-hybridized carbons (Fsp3) is 0. The average molecular weight is 973 g/mol. The fourth-order valence-corrected chi connectivity index (χ4v) is 9.86. The Bertz CT molecular complexity index is 3530. The highest BCUT2D eigenvalue weighted by atomic mass is 32.2. The van der Waals surface area contributed by atoms with Crippen LogP contribution in [0.1, 0.15) is 31.8 Å². The summed E-state index contributed by atoms with van der Waals surface area (Å²) in [6, 6.07) is 23.1. The van der Waals surface area contributed by atoms with E-state index in [1.807, 2.05) is 0 Å². The molecule has 0 bridgehead atoms. The molecular weight excluding hydrogens is 945 g/mol. The van der Waals surface area contributed by atoms with Gasteiger partial charge in [0.15, 0.2) is 11.4 Å². The van der Waals surface area contributed by atoms with Gasteiger partial charge in [-0.2, -0.15) is 43.9 Å². The first kappa shape index (κ1) is 45.1. The lowest BCUT2D eigenvalue weighted by Crippen LogP contribution is -2.27. The number of fused-ring (bicyclic) bond motifs is 4. The van der Waals surface area contributed by atoms with Crippen molar-refractivity contribution >= 4 is 126 Å². The molecule has 336 valence electrons. The Labute approximate surface area is 373 Å². The van der Waals surface area contributed by atoms with E-state index in [9.17, 15) is 66.3 Å². The predicted molar refractivity (Wildman–Crippen MR) is 243 cm³/mol. The zero-order valence-corrected chi connectivity index (χ0v) is 36.1. The molecule has 0 atom stereocenters. The first-order chi connectivity index (χ1) is 31.0. The number of urea groups is 1. The number of nitrogens with one attached hydrogen (secondary N) is 4. The Morgan fingerprint density at radius 2 is 0.818 bits per heavy atom. The molecule has 0 unspecified atom stereocenters. The summed E-state index contributed by atoms with van der Waals surface area (Å²) in [5, 5.41) is 13.5. The summed E-state index contributed by atoms with van der Waals surface area (Å²) < 4.78 is 137. The molecule has 8 N–H and O–H groups in total. The molecule has 66 heavy (non-hydrogen) atoms. The highest BCUT2D eigenvalue weighted by Crippen LogP contribution is 2.34. The highest BCUT2D eigenvalue weighted by molar-refractivity contribution is 7.91. The van der Waals surface area contributed by atoms with Gasteiger partial charge in [-0.1, -0.05) is 48.5 Å². The molecule has 2 aliphatic carbocycles. The monoisotopic (exact) mass is 972 g/mol. The van der Waals surface area contributed by atoms with Crippen molar-refractivity contribution in [2.45, 2.75) is 9.79 Å². The van der Waals surface area contributed by atoms with E-state index in [-0.39, 0.29) is 66.5 Å². The van der Waals surface area contributed by atoms with E-state index in [1.165, 1.54) is 84.9 Å². The summed E-state index contributed by atoms with van der Waals surface area (Å²) in [5.74, 6) is -1.93. The molecule has 8 rings (SSSR count). The van der Waals surface area contributed by atoms with Crippen molar-refractivity contribution in [3.8, 4) is 0 Å². The molecule has 25 heteroatoms. The number of amides is 2. The van der Waals surface area contributed by atoms with Crippen molar-refractivity contribution in [3.63, 3.8) is 0 Å². The summed E-state index contributed by atoms with van der Waals surface area (Å²) in [4.78, 5) is 37.8. The Hall–Kier alpha value is -7.49. The van der Waals surface area contributed by atoms with Gasteiger partial charge in [0.1, 0.15) is 19.6 Å². The molecule has 0 spiro atoms. The number of carbonyl (C=O) groups is 3. The van der Waals surface area contributed by atoms with Crippen LogP contribution in [0.3, 0.4) is 0 Å². The van der Waals surface area contributed by atoms with Gasteiger partial charge in [-0.15, -0.1) is 0 Å². The van der Waals surface area contributed by atoms with Gasteiger partial charge >= 0.3 is 6.03 Å². The van der Waals surface area contributed by atoms with E-state index in [0.29, 0.717) is 0 Å².